The molecule has 2 aliphatic heterocycles. The van der Waals surface area contributed by atoms with Gasteiger partial charge in [0.15, 0.2) is 0 Å². The first kappa shape index (κ1) is 26.2. The number of anilines is 2. The number of carbonyl (C=O) groups is 1. The fraction of sp³-hybridized carbons (Fsp3) is 0.429. The summed E-state index contributed by atoms with van der Waals surface area (Å²) in [6, 6.07) is 4.01. The lowest BCUT2D eigenvalue weighted by Gasteiger charge is -2.37. The number of aromatic nitrogens is 6. The van der Waals surface area contributed by atoms with Gasteiger partial charge in [-0.05, 0) is 52.2 Å². The van der Waals surface area contributed by atoms with E-state index in [9.17, 15) is 4.79 Å². The van der Waals surface area contributed by atoms with E-state index in [0.717, 1.165) is 59.6 Å². The van der Waals surface area contributed by atoms with Crippen LogP contribution in [0.25, 0.3) is 22.3 Å². The quantitative estimate of drug-likeness (QED) is 0.360. The molecule has 0 unspecified atom stereocenters. The summed E-state index contributed by atoms with van der Waals surface area (Å²) >= 11 is 6.52. The topological polar surface area (TPSA) is 125 Å². The van der Waals surface area contributed by atoms with Crippen LogP contribution in [0.4, 0.5) is 16.6 Å². The summed E-state index contributed by atoms with van der Waals surface area (Å²) < 4.78 is 5.57. The van der Waals surface area contributed by atoms with Gasteiger partial charge in [0.1, 0.15) is 23.4 Å². The first-order valence-corrected chi connectivity index (χ1v) is 13.9. The third-order valence-electron chi connectivity index (χ3n) is 7.14. The second-order valence-electron chi connectivity index (χ2n) is 11.2. The molecule has 0 aliphatic carbocycles. The Balaban J connectivity index is 1.18. The second kappa shape index (κ2) is 10.5. The number of hydrogen-bond acceptors (Lipinski definition) is 9. The SMILES string of the molecule is CC(C)(C)OC(=O)N1CCc2c(ncnc2N2CCC[C@@H](Nc3ncc(Cl)c(-c4c[nH]c5ncccc45)n3)C2)C1. The summed E-state index contributed by atoms with van der Waals surface area (Å²) in [5.74, 6) is 1.46. The summed E-state index contributed by atoms with van der Waals surface area (Å²) in [6.07, 6.45) is 9.20. The van der Waals surface area contributed by atoms with Gasteiger partial charge in [0.25, 0.3) is 0 Å². The Labute approximate surface area is 237 Å². The van der Waals surface area contributed by atoms with Crippen LogP contribution < -0.4 is 10.2 Å². The second-order valence-corrected chi connectivity index (χ2v) is 11.6. The molecule has 6 rings (SSSR count). The predicted octanol–water partition coefficient (Wildman–Crippen LogP) is 4.84. The lowest BCUT2D eigenvalue weighted by molar-refractivity contribution is 0.0220. The largest absolute Gasteiger partial charge is 0.444 e. The molecule has 0 saturated carbocycles. The van der Waals surface area contributed by atoms with Crippen molar-refractivity contribution in [3.63, 3.8) is 0 Å². The molecular weight excluding hydrogens is 530 g/mol. The van der Waals surface area contributed by atoms with Crippen molar-refractivity contribution in [2.24, 2.45) is 0 Å². The Morgan fingerprint density at radius 3 is 2.92 bits per heavy atom. The number of H-pyrrole nitrogens is 1. The molecule has 1 atom stereocenters. The lowest BCUT2D eigenvalue weighted by atomic mass is 10.0. The summed E-state index contributed by atoms with van der Waals surface area (Å²) in [5.41, 5.74) is 3.76. The highest BCUT2D eigenvalue weighted by molar-refractivity contribution is 6.33. The fourth-order valence-electron chi connectivity index (χ4n) is 5.34. The van der Waals surface area contributed by atoms with E-state index in [1.165, 1.54) is 0 Å². The molecule has 208 valence electrons. The molecule has 6 heterocycles. The summed E-state index contributed by atoms with van der Waals surface area (Å²) in [6.45, 7) is 8.26. The highest BCUT2D eigenvalue weighted by Gasteiger charge is 2.30. The molecule has 1 saturated heterocycles. The molecule has 2 N–H and O–H groups in total. The smallest absolute Gasteiger partial charge is 0.410 e. The minimum absolute atomic E-state index is 0.125. The van der Waals surface area contributed by atoms with Crippen LogP contribution in [0.1, 0.15) is 44.9 Å². The number of fused-ring (bicyclic) bond motifs is 2. The standard InChI is InChI=1S/C28H32ClN9O2/c1-28(2,3)40-27(39)38-11-8-19-22(15-38)33-16-34-25(19)37-10-5-6-17(14-37)35-26-32-13-21(29)23(36-26)20-12-31-24-18(20)7-4-9-30-24/h4,7,9,12-13,16-17H,5-6,8,10-11,14-15H2,1-3H3,(H,30,31)(H,32,35,36)/t17-/m1/s1. The number of rotatable bonds is 4. The Hall–Kier alpha value is -3.99. The Bertz CT molecular complexity index is 1550. The van der Waals surface area contributed by atoms with Gasteiger partial charge in [0, 0.05) is 54.6 Å². The Morgan fingerprint density at radius 2 is 2.08 bits per heavy atom. The molecule has 0 spiro atoms. The average Bonchev–Trinajstić information content (AvgIpc) is 3.37. The van der Waals surface area contributed by atoms with Crippen molar-refractivity contribution in [3.05, 3.63) is 53.3 Å². The number of ether oxygens (including phenoxy) is 1. The van der Waals surface area contributed by atoms with Crippen LogP contribution in [0.15, 0.2) is 37.1 Å². The zero-order chi connectivity index (χ0) is 27.9. The van der Waals surface area contributed by atoms with Crippen molar-refractivity contribution in [1.29, 1.82) is 0 Å². The van der Waals surface area contributed by atoms with Gasteiger partial charge in [-0.15, -0.1) is 0 Å². The van der Waals surface area contributed by atoms with Crippen LogP contribution in [-0.4, -0.2) is 72.2 Å². The molecule has 40 heavy (non-hydrogen) atoms. The van der Waals surface area contributed by atoms with Crippen molar-refractivity contribution in [2.45, 2.75) is 58.2 Å². The number of piperidine rings is 1. The van der Waals surface area contributed by atoms with Crippen LogP contribution in [0.2, 0.25) is 5.02 Å². The van der Waals surface area contributed by atoms with Gasteiger partial charge in [-0.3, -0.25) is 0 Å². The summed E-state index contributed by atoms with van der Waals surface area (Å²) in [4.78, 5) is 42.6. The van der Waals surface area contributed by atoms with Gasteiger partial charge in [0.05, 0.1) is 29.2 Å². The molecule has 4 aromatic heterocycles. The van der Waals surface area contributed by atoms with E-state index < -0.39 is 5.60 Å². The normalized spacial score (nSPS) is 17.6. The van der Waals surface area contributed by atoms with Gasteiger partial charge >= 0.3 is 6.09 Å². The van der Waals surface area contributed by atoms with Crippen molar-refractivity contribution in [1.82, 2.24) is 34.8 Å². The maximum absolute atomic E-state index is 12.6. The highest BCUT2D eigenvalue weighted by Crippen LogP contribution is 2.33. The minimum atomic E-state index is -0.537. The lowest BCUT2D eigenvalue weighted by Crippen LogP contribution is -2.44. The van der Waals surface area contributed by atoms with Crippen LogP contribution in [0.5, 0.6) is 0 Å². The monoisotopic (exact) mass is 561 g/mol. The number of nitrogens with zero attached hydrogens (tertiary/aromatic N) is 7. The fourth-order valence-corrected chi connectivity index (χ4v) is 5.53. The molecule has 4 aromatic rings. The van der Waals surface area contributed by atoms with E-state index in [1.807, 2.05) is 39.1 Å². The third kappa shape index (κ3) is 5.38. The Kier molecular flexibility index (Phi) is 6.91. The highest BCUT2D eigenvalue weighted by atomic mass is 35.5. The molecule has 0 bridgehead atoms. The van der Waals surface area contributed by atoms with E-state index in [0.29, 0.717) is 36.2 Å². The third-order valence-corrected chi connectivity index (χ3v) is 7.42. The molecule has 11 nitrogen and oxygen atoms in total. The van der Waals surface area contributed by atoms with E-state index in [2.05, 4.69) is 35.1 Å². The number of halogens is 1. The molecule has 2 aliphatic rings. The van der Waals surface area contributed by atoms with Crippen LogP contribution >= 0.6 is 11.6 Å². The van der Waals surface area contributed by atoms with E-state index >= 15 is 0 Å². The number of nitrogens with one attached hydrogen (secondary N) is 2. The maximum atomic E-state index is 12.6. The average molecular weight is 562 g/mol. The van der Waals surface area contributed by atoms with Gasteiger partial charge < -0.3 is 24.8 Å². The van der Waals surface area contributed by atoms with Crippen molar-refractivity contribution in [3.8, 4) is 11.3 Å². The van der Waals surface area contributed by atoms with Crippen LogP contribution in [0.3, 0.4) is 0 Å². The molecule has 0 aromatic carbocycles. The summed E-state index contributed by atoms with van der Waals surface area (Å²) in [7, 11) is 0. The van der Waals surface area contributed by atoms with Crippen LogP contribution in [0, 0.1) is 0 Å². The minimum Gasteiger partial charge on any atom is -0.444 e. The first-order valence-electron chi connectivity index (χ1n) is 13.5. The Morgan fingerprint density at radius 1 is 1.20 bits per heavy atom. The van der Waals surface area contributed by atoms with Crippen LogP contribution in [-0.2, 0) is 17.7 Å². The molecular formula is C28H32ClN9O2. The van der Waals surface area contributed by atoms with Crippen molar-refractivity contribution >= 4 is 40.5 Å². The number of pyridine rings is 1. The number of aromatic amines is 1. The van der Waals surface area contributed by atoms with E-state index in [-0.39, 0.29) is 12.1 Å². The van der Waals surface area contributed by atoms with Gasteiger partial charge in [-0.2, -0.15) is 0 Å². The van der Waals surface area contributed by atoms with E-state index in [1.54, 1.807) is 23.6 Å². The first-order chi connectivity index (χ1) is 19.2. The molecule has 0 radical (unpaired) electrons. The van der Waals surface area contributed by atoms with E-state index in [4.69, 9.17) is 21.3 Å². The van der Waals surface area contributed by atoms with Crippen molar-refractivity contribution < 1.29 is 9.53 Å². The number of carbonyl (C=O) groups excluding carboxylic acids is 1. The summed E-state index contributed by atoms with van der Waals surface area (Å²) in [5, 5.41) is 4.96. The predicted molar refractivity (Wildman–Crippen MR) is 153 cm³/mol. The zero-order valence-electron chi connectivity index (χ0n) is 22.8. The van der Waals surface area contributed by atoms with Gasteiger partial charge in [-0.1, -0.05) is 11.6 Å². The van der Waals surface area contributed by atoms with Gasteiger partial charge in [0.2, 0.25) is 5.95 Å². The number of hydrogen-bond donors (Lipinski definition) is 2. The van der Waals surface area contributed by atoms with Gasteiger partial charge in [-0.25, -0.2) is 29.7 Å². The van der Waals surface area contributed by atoms with Crippen molar-refractivity contribution in [2.75, 3.05) is 29.9 Å². The molecule has 12 heteroatoms. The zero-order valence-corrected chi connectivity index (χ0v) is 23.6. The number of amides is 1. The molecule has 1 fully saturated rings. The maximum Gasteiger partial charge on any atom is 0.410 e. The molecule has 1 amide bonds.